The van der Waals surface area contributed by atoms with Gasteiger partial charge in [-0.15, -0.1) is 11.8 Å². The molecular formula is C13H24OS. The van der Waals surface area contributed by atoms with E-state index in [4.69, 9.17) is 4.74 Å². The van der Waals surface area contributed by atoms with Gasteiger partial charge in [0.05, 0.1) is 6.61 Å². The third-order valence-electron chi connectivity index (χ3n) is 1.98. The van der Waals surface area contributed by atoms with Gasteiger partial charge in [0.1, 0.15) is 5.44 Å². The summed E-state index contributed by atoms with van der Waals surface area (Å²) in [6.07, 6.45) is 15.2. The molecule has 0 N–H and O–H groups in total. The lowest BCUT2D eigenvalue weighted by Crippen LogP contribution is -2.07. The molecule has 0 heterocycles. The summed E-state index contributed by atoms with van der Waals surface area (Å²) in [6, 6.07) is 0. The van der Waals surface area contributed by atoms with E-state index in [0.29, 0.717) is 5.44 Å². The van der Waals surface area contributed by atoms with E-state index < -0.39 is 0 Å². The van der Waals surface area contributed by atoms with Crippen molar-refractivity contribution in [3.63, 3.8) is 0 Å². The lowest BCUT2D eigenvalue weighted by molar-refractivity contribution is 0.119. The van der Waals surface area contributed by atoms with E-state index in [9.17, 15) is 0 Å². The SMILES string of the molecule is CC/C=C\CCOC(C/C=C\CC)SC. The molecule has 0 amide bonds. The minimum absolute atomic E-state index is 0.322. The highest BCUT2D eigenvalue weighted by Crippen LogP contribution is 2.13. The molecule has 1 unspecified atom stereocenters. The van der Waals surface area contributed by atoms with Gasteiger partial charge in [-0.1, -0.05) is 38.2 Å². The van der Waals surface area contributed by atoms with Gasteiger partial charge in [0.2, 0.25) is 0 Å². The van der Waals surface area contributed by atoms with Crippen LogP contribution >= 0.6 is 11.8 Å². The molecule has 0 fully saturated rings. The summed E-state index contributed by atoms with van der Waals surface area (Å²) in [5.74, 6) is 0. The predicted molar refractivity (Wildman–Crippen MR) is 71.4 cm³/mol. The molecule has 0 bridgehead atoms. The van der Waals surface area contributed by atoms with Crippen LogP contribution in [0.1, 0.15) is 39.5 Å². The highest BCUT2D eigenvalue weighted by atomic mass is 32.2. The van der Waals surface area contributed by atoms with Gasteiger partial charge in [0, 0.05) is 6.42 Å². The van der Waals surface area contributed by atoms with Gasteiger partial charge < -0.3 is 4.74 Å². The molecule has 0 aliphatic rings. The molecule has 2 heteroatoms. The summed E-state index contributed by atoms with van der Waals surface area (Å²) < 4.78 is 5.74. The Morgan fingerprint density at radius 2 is 1.73 bits per heavy atom. The Morgan fingerprint density at radius 3 is 2.33 bits per heavy atom. The Kier molecular flexibility index (Phi) is 11.7. The van der Waals surface area contributed by atoms with Crippen molar-refractivity contribution in [3.05, 3.63) is 24.3 Å². The number of hydrogen-bond acceptors (Lipinski definition) is 2. The first-order chi connectivity index (χ1) is 7.35. The van der Waals surface area contributed by atoms with Crippen LogP contribution in [0.15, 0.2) is 24.3 Å². The van der Waals surface area contributed by atoms with Crippen molar-refractivity contribution in [3.8, 4) is 0 Å². The Balaban J connectivity index is 3.52. The molecular weight excluding hydrogens is 204 g/mol. The molecule has 0 saturated carbocycles. The highest BCUT2D eigenvalue weighted by molar-refractivity contribution is 7.99. The van der Waals surface area contributed by atoms with Gasteiger partial charge in [-0.05, 0) is 25.5 Å². The summed E-state index contributed by atoms with van der Waals surface area (Å²) in [7, 11) is 0. The Hall–Kier alpha value is -0.210. The van der Waals surface area contributed by atoms with Crippen LogP contribution in [0.25, 0.3) is 0 Å². The lowest BCUT2D eigenvalue weighted by atomic mass is 10.3. The third-order valence-corrected chi connectivity index (χ3v) is 2.84. The number of allylic oxidation sites excluding steroid dienone is 2. The van der Waals surface area contributed by atoms with E-state index in [1.165, 1.54) is 0 Å². The van der Waals surface area contributed by atoms with Crippen molar-refractivity contribution in [1.29, 1.82) is 0 Å². The fraction of sp³-hybridized carbons (Fsp3) is 0.692. The minimum Gasteiger partial charge on any atom is -0.367 e. The lowest BCUT2D eigenvalue weighted by Gasteiger charge is -2.12. The standard InChI is InChI=1S/C13H24OS/c1-4-6-8-10-12-14-13(15-3)11-9-7-5-2/h6-9,13H,4-5,10-12H2,1-3H3/b8-6-,9-7-. The van der Waals surface area contributed by atoms with Crippen LogP contribution in [0.3, 0.4) is 0 Å². The zero-order valence-electron chi connectivity index (χ0n) is 10.2. The van der Waals surface area contributed by atoms with Crippen LogP contribution in [0.2, 0.25) is 0 Å². The van der Waals surface area contributed by atoms with Gasteiger partial charge in [-0.2, -0.15) is 0 Å². The van der Waals surface area contributed by atoms with Gasteiger partial charge in [-0.25, -0.2) is 0 Å². The normalized spacial score (nSPS) is 14.1. The van der Waals surface area contributed by atoms with Crippen LogP contribution in [0.5, 0.6) is 0 Å². The Bertz CT molecular complexity index is 175. The molecule has 15 heavy (non-hydrogen) atoms. The van der Waals surface area contributed by atoms with Crippen molar-refractivity contribution in [2.24, 2.45) is 0 Å². The molecule has 0 rings (SSSR count). The van der Waals surface area contributed by atoms with Gasteiger partial charge in [0.15, 0.2) is 0 Å². The Morgan fingerprint density at radius 1 is 1.07 bits per heavy atom. The molecule has 0 aromatic rings. The predicted octanol–water partition coefficient (Wildman–Crippen LogP) is 4.40. The largest absolute Gasteiger partial charge is 0.367 e. The molecule has 0 aromatic heterocycles. The third kappa shape index (κ3) is 10.1. The van der Waals surface area contributed by atoms with Gasteiger partial charge in [-0.3, -0.25) is 0 Å². The second-order valence-electron chi connectivity index (χ2n) is 3.32. The monoisotopic (exact) mass is 228 g/mol. The first-order valence-corrected chi connectivity index (χ1v) is 7.08. The second-order valence-corrected chi connectivity index (χ2v) is 4.32. The van der Waals surface area contributed by atoms with Crippen molar-refractivity contribution in [2.75, 3.05) is 12.9 Å². The smallest absolute Gasteiger partial charge is 0.106 e. The van der Waals surface area contributed by atoms with Crippen molar-refractivity contribution < 1.29 is 4.74 Å². The first kappa shape index (κ1) is 14.8. The van der Waals surface area contributed by atoms with E-state index >= 15 is 0 Å². The summed E-state index contributed by atoms with van der Waals surface area (Å²) in [4.78, 5) is 0. The molecule has 0 aromatic carbocycles. The van der Waals surface area contributed by atoms with E-state index in [1.807, 2.05) is 0 Å². The van der Waals surface area contributed by atoms with Gasteiger partial charge in [0.25, 0.3) is 0 Å². The summed E-state index contributed by atoms with van der Waals surface area (Å²) in [5, 5.41) is 0. The maximum absolute atomic E-state index is 5.74. The minimum atomic E-state index is 0.322. The molecule has 0 saturated heterocycles. The number of rotatable bonds is 9. The van der Waals surface area contributed by atoms with Crippen LogP contribution in [0.4, 0.5) is 0 Å². The average Bonchev–Trinajstić information content (AvgIpc) is 2.26. The molecule has 0 aliphatic carbocycles. The number of thioether (sulfide) groups is 1. The van der Waals surface area contributed by atoms with Crippen molar-refractivity contribution in [1.82, 2.24) is 0 Å². The van der Waals surface area contributed by atoms with Crippen LogP contribution in [0, 0.1) is 0 Å². The maximum Gasteiger partial charge on any atom is 0.106 e. The quantitative estimate of drug-likeness (QED) is 0.328. The molecule has 1 nitrogen and oxygen atoms in total. The topological polar surface area (TPSA) is 9.23 Å². The van der Waals surface area contributed by atoms with E-state index in [1.54, 1.807) is 11.8 Å². The van der Waals surface area contributed by atoms with Crippen LogP contribution < -0.4 is 0 Å². The number of ether oxygens (including phenoxy) is 1. The zero-order chi connectivity index (χ0) is 11.4. The maximum atomic E-state index is 5.74. The average molecular weight is 228 g/mol. The van der Waals surface area contributed by atoms with Crippen LogP contribution in [-0.4, -0.2) is 18.3 Å². The Labute approximate surface area is 99.0 Å². The summed E-state index contributed by atoms with van der Waals surface area (Å²) in [5.41, 5.74) is 0.322. The molecule has 0 aliphatic heterocycles. The molecule has 88 valence electrons. The summed E-state index contributed by atoms with van der Waals surface area (Å²) in [6.45, 7) is 5.14. The van der Waals surface area contributed by atoms with Gasteiger partial charge >= 0.3 is 0 Å². The van der Waals surface area contributed by atoms with Crippen molar-refractivity contribution >= 4 is 11.8 Å². The number of hydrogen-bond donors (Lipinski definition) is 0. The molecule has 0 spiro atoms. The van der Waals surface area contributed by atoms with E-state index in [0.717, 1.165) is 32.3 Å². The second kappa shape index (κ2) is 11.9. The summed E-state index contributed by atoms with van der Waals surface area (Å²) >= 11 is 1.79. The van der Waals surface area contributed by atoms with E-state index in [-0.39, 0.29) is 0 Å². The van der Waals surface area contributed by atoms with Crippen molar-refractivity contribution in [2.45, 2.75) is 45.0 Å². The molecule has 0 radical (unpaired) electrons. The molecule has 1 atom stereocenters. The van der Waals surface area contributed by atoms with E-state index in [2.05, 4.69) is 44.4 Å². The fourth-order valence-corrected chi connectivity index (χ4v) is 1.69. The highest BCUT2D eigenvalue weighted by Gasteiger charge is 2.03. The first-order valence-electron chi connectivity index (χ1n) is 5.79. The fourth-order valence-electron chi connectivity index (χ4n) is 1.16. The zero-order valence-corrected chi connectivity index (χ0v) is 11.1. The van der Waals surface area contributed by atoms with Crippen LogP contribution in [-0.2, 0) is 4.74 Å².